The third kappa shape index (κ3) is 1.11. The molecule has 0 aliphatic heterocycles. The van der Waals surface area contributed by atoms with Gasteiger partial charge in [-0.1, -0.05) is 0 Å². The molecule has 68 valence electrons. The molecule has 2 aliphatic carbocycles. The zero-order chi connectivity index (χ0) is 8.72. The second-order valence-corrected chi connectivity index (χ2v) is 4.05. The molecule has 0 spiro atoms. The molecular formula is C9H13FO2. The molecule has 2 atom stereocenters. The summed E-state index contributed by atoms with van der Waals surface area (Å²) in [6, 6.07) is 0. The van der Waals surface area contributed by atoms with Crippen LogP contribution in [-0.2, 0) is 4.79 Å². The van der Waals surface area contributed by atoms with E-state index in [4.69, 9.17) is 5.11 Å². The van der Waals surface area contributed by atoms with Gasteiger partial charge in [-0.05, 0) is 37.5 Å². The van der Waals surface area contributed by atoms with Crippen molar-refractivity contribution in [1.82, 2.24) is 0 Å². The summed E-state index contributed by atoms with van der Waals surface area (Å²) in [5, 5.41) is 8.77. The Morgan fingerprint density at radius 3 is 2.17 bits per heavy atom. The van der Waals surface area contributed by atoms with Crippen LogP contribution in [0.25, 0.3) is 0 Å². The number of hydrogen-bond acceptors (Lipinski definition) is 1. The van der Waals surface area contributed by atoms with Crippen molar-refractivity contribution in [2.45, 2.75) is 31.9 Å². The van der Waals surface area contributed by atoms with Crippen molar-refractivity contribution in [2.75, 3.05) is 0 Å². The van der Waals surface area contributed by atoms with Crippen LogP contribution in [0.1, 0.15) is 25.7 Å². The third-order valence-corrected chi connectivity index (χ3v) is 3.33. The summed E-state index contributed by atoms with van der Waals surface area (Å²) in [5.41, 5.74) is 0. The molecule has 2 bridgehead atoms. The fourth-order valence-corrected chi connectivity index (χ4v) is 2.66. The molecular weight excluding hydrogens is 159 g/mol. The number of carboxylic acid groups (broad SMARTS) is 1. The number of aliphatic carboxylic acids is 1. The van der Waals surface area contributed by atoms with E-state index < -0.39 is 12.1 Å². The Bertz CT molecular complexity index is 191. The second-order valence-electron chi connectivity index (χ2n) is 4.05. The molecule has 2 rings (SSSR count). The number of carboxylic acids is 1. The van der Waals surface area contributed by atoms with Crippen molar-refractivity contribution in [3.8, 4) is 0 Å². The summed E-state index contributed by atoms with van der Waals surface area (Å²) >= 11 is 0. The molecule has 0 saturated heterocycles. The zero-order valence-corrected chi connectivity index (χ0v) is 6.87. The minimum atomic E-state index is -0.737. The van der Waals surface area contributed by atoms with Crippen LogP contribution in [0.15, 0.2) is 0 Å². The molecule has 0 aromatic carbocycles. The van der Waals surface area contributed by atoms with E-state index in [1.54, 1.807) is 0 Å². The van der Waals surface area contributed by atoms with Gasteiger partial charge in [0.05, 0.1) is 5.92 Å². The fourth-order valence-electron chi connectivity index (χ4n) is 2.66. The number of hydrogen-bond donors (Lipinski definition) is 1. The van der Waals surface area contributed by atoms with E-state index in [1.807, 2.05) is 0 Å². The molecule has 2 fully saturated rings. The molecule has 12 heavy (non-hydrogen) atoms. The van der Waals surface area contributed by atoms with Crippen molar-refractivity contribution in [3.63, 3.8) is 0 Å². The topological polar surface area (TPSA) is 37.3 Å². The number of halogens is 1. The molecule has 2 aliphatic rings. The second kappa shape index (κ2) is 2.71. The molecule has 0 radical (unpaired) electrons. The number of fused-ring (bicyclic) bond motifs is 2. The normalized spacial score (nSPS) is 46.1. The van der Waals surface area contributed by atoms with Crippen molar-refractivity contribution in [3.05, 3.63) is 0 Å². The number of alkyl halides is 1. The summed E-state index contributed by atoms with van der Waals surface area (Å²) in [5.74, 6) is -0.914. The average Bonchev–Trinajstić information content (AvgIpc) is 2.30. The minimum absolute atomic E-state index is 0.0462. The average molecular weight is 172 g/mol. The number of rotatable bonds is 1. The smallest absolute Gasteiger partial charge is 0.306 e. The van der Waals surface area contributed by atoms with E-state index >= 15 is 0 Å². The van der Waals surface area contributed by atoms with Gasteiger partial charge in [-0.15, -0.1) is 0 Å². The fraction of sp³-hybridized carbons (Fsp3) is 0.889. The Morgan fingerprint density at radius 2 is 1.75 bits per heavy atom. The highest BCUT2D eigenvalue weighted by Gasteiger charge is 2.44. The Hall–Kier alpha value is -0.600. The van der Waals surface area contributed by atoms with E-state index in [0.717, 1.165) is 12.8 Å². The largest absolute Gasteiger partial charge is 0.481 e. The van der Waals surface area contributed by atoms with E-state index in [0.29, 0.717) is 12.8 Å². The summed E-state index contributed by atoms with van der Waals surface area (Å²) in [6.45, 7) is 0. The molecule has 0 aromatic heterocycles. The van der Waals surface area contributed by atoms with Gasteiger partial charge in [0.15, 0.2) is 0 Å². The Labute approximate surface area is 70.8 Å². The van der Waals surface area contributed by atoms with Crippen LogP contribution in [-0.4, -0.2) is 17.2 Å². The predicted octanol–water partition coefficient (Wildman–Crippen LogP) is 1.85. The highest BCUT2D eigenvalue weighted by Crippen LogP contribution is 2.46. The lowest BCUT2D eigenvalue weighted by atomic mass is 9.80. The molecule has 0 aromatic rings. The first-order valence-electron chi connectivity index (χ1n) is 4.55. The molecule has 0 amide bonds. The summed E-state index contributed by atoms with van der Waals surface area (Å²) < 4.78 is 13.3. The Kier molecular flexibility index (Phi) is 1.81. The van der Waals surface area contributed by atoms with Gasteiger partial charge in [0.2, 0.25) is 0 Å². The molecule has 0 heterocycles. The Balaban J connectivity index is 2.07. The van der Waals surface area contributed by atoms with Gasteiger partial charge in [0.1, 0.15) is 6.17 Å². The lowest BCUT2D eigenvalue weighted by Gasteiger charge is -2.27. The standard InChI is InChI=1S/C9H13FO2/c10-8-5-1-2-6(8)4-7(3-5)9(11)12/h5-8H,1-4H2,(H,11,12). The molecule has 3 heteroatoms. The van der Waals surface area contributed by atoms with Crippen LogP contribution in [0, 0.1) is 17.8 Å². The molecule has 1 N–H and O–H groups in total. The lowest BCUT2D eigenvalue weighted by molar-refractivity contribution is -0.144. The van der Waals surface area contributed by atoms with Gasteiger partial charge in [0, 0.05) is 0 Å². The van der Waals surface area contributed by atoms with Crippen molar-refractivity contribution in [2.24, 2.45) is 17.8 Å². The predicted molar refractivity (Wildman–Crippen MR) is 41.5 cm³/mol. The van der Waals surface area contributed by atoms with Gasteiger partial charge >= 0.3 is 5.97 Å². The highest BCUT2D eigenvalue weighted by atomic mass is 19.1. The minimum Gasteiger partial charge on any atom is -0.481 e. The maximum Gasteiger partial charge on any atom is 0.306 e. The zero-order valence-electron chi connectivity index (χ0n) is 6.87. The van der Waals surface area contributed by atoms with Crippen LogP contribution in [0.5, 0.6) is 0 Å². The highest BCUT2D eigenvalue weighted by molar-refractivity contribution is 5.70. The Morgan fingerprint density at radius 1 is 1.25 bits per heavy atom. The quantitative estimate of drug-likeness (QED) is 0.655. The lowest BCUT2D eigenvalue weighted by Crippen LogP contribution is -2.31. The van der Waals surface area contributed by atoms with Gasteiger partial charge in [0.25, 0.3) is 0 Å². The van der Waals surface area contributed by atoms with E-state index in [9.17, 15) is 9.18 Å². The van der Waals surface area contributed by atoms with E-state index in [1.165, 1.54) is 0 Å². The van der Waals surface area contributed by atoms with Crippen molar-refractivity contribution in [1.29, 1.82) is 0 Å². The van der Waals surface area contributed by atoms with Crippen LogP contribution in [0.2, 0.25) is 0 Å². The third-order valence-electron chi connectivity index (χ3n) is 3.33. The first-order valence-corrected chi connectivity index (χ1v) is 4.55. The summed E-state index contributed by atoms with van der Waals surface area (Å²) in [7, 11) is 0. The van der Waals surface area contributed by atoms with E-state index in [-0.39, 0.29) is 17.8 Å². The van der Waals surface area contributed by atoms with Gasteiger partial charge < -0.3 is 5.11 Å². The van der Waals surface area contributed by atoms with Gasteiger partial charge in [-0.2, -0.15) is 0 Å². The monoisotopic (exact) mass is 172 g/mol. The van der Waals surface area contributed by atoms with Crippen molar-refractivity contribution < 1.29 is 14.3 Å². The SMILES string of the molecule is O=C(O)C1CC2CCC(C1)C2F. The maximum atomic E-state index is 13.3. The molecule has 2 saturated carbocycles. The summed E-state index contributed by atoms with van der Waals surface area (Å²) in [4.78, 5) is 10.7. The van der Waals surface area contributed by atoms with Crippen molar-refractivity contribution >= 4 is 5.97 Å². The van der Waals surface area contributed by atoms with Crippen LogP contribution < -0.4 is 0 Å². The van der Waals surface area contributed by atoms with Gasteiger partial charge in [-0.25, -0.2) is 4.39 Å². The molecule has 2 nitrogen and oxygen atoms in total. The van der Waals surface area contributed by atoms with Gasteiger partial charge in [-0.3, -0.25) is 4.79 Å². The summed E-state index contributed by atoms with van der Waals surface area (Å²) in [6.07, 6.45) is 2.21. The van der Waals surface area contributed by atoms with E-state index in [2.05, 4.69) is 0 Å². The molecule has 2 unspecified atom stereocenters. The van der Waals surface area contributed by atoms with Crippen LogP contribution in [0.3, 0.4) is 0 Å². The number of carbonyl (C=O) groups is 1. The van der Waals surface area contributed by atoms with Crippen LogP contribution >= 0.6 is 0 Å². The maximum absolute atomic E-state index is 13.3. The van der Waals surface area contributed by atoms with Crippen LogP contribution in [0.4, 0.5) is 4.39 Å². The first-order chi connectivity index (χ1) is 5.68. The first kappa shape index (κ1) is 8.02.